The summed E-state index contributed by atoms with van der Waals surface area (Å²) in [6.07, 6.45) is 2.44. The lowest BCUT2D eigenvalue weighted by Crippen LogP contribution is -1.97. The lowest BCUT2D eigenvalue weighted by atomic mass is 10.2. The molecule has 2 heterocycles. The maximum atomic E-state index is 4.63. The summed E-state index contributed by atoms with van der Waals surface area (Å²) < 4.78 is 0. The van der Waals surface area contributed by atoms with Crippen LogP contribution in [0.4, 0.5) is 0 Å². The fourth-order valence-electron chi connectivity index (χ4n) is 2.38. The molecule has 1 aliphatic carbocycles. The Hall–Kier alpha value is -2.73. The molecule has 0 radical (unpaired) electrons. The van der Waals surface area contributed by atoms with Crippen LogP contribution in [-0.4, -0.2) is 15.0 Å². The minimum absolute atomic E-state index is 0.574. The Kier molecular flexibility index (Phi) is 3.08. The zero-order valence-corrected chi connectivity index (χ0v) is 12.4. The molecule has 22 heavy (non-hydrogen) atoms. The smallest absolute Gasteiger partial charge is 0.179 e. The highest BCUT2D eigenvalue weighted by atomic mass is 14.9. The normalized spacial score (nSPS) is 13.7. The Morgan fingerprint density at radius 2 is 1.82 bits per heavy atom. The van der Waals surface area contributed by atoms with E-state index in [4.69, 9.17) is 0 Å². The van der Waals surface area contributed by atoms with E-state index in [2.05, 4.69) is 26.8 Å². The van der Waals surface area contributed by atoms with E-state index in [1.54, 1.807) is 0 Å². The summed E-state index contributed by atoms with van der Waals surface area (Å²) in [5, 5.41) is 1.08. The number of fused-ring (bicyclic) bond motifs is 1. The van der Waals surface area contributed by atoms with E-state index in [0.717, 1.165) is 28.0 Å². The van der Waals surface area contributed by atoms with E-state index in [1.807, 2.05) is 49.4 Å². The first kappa shape index (κ1) is 13.0. The molecule has 3 aromatic rings. The summed E-state index contributed by atoms with van der Waals surface area (Å²) in [4.78, 5) is 13.8. The molecule has 1 fully saturated rings. The number of para-hydroxylation sites is 1. The zero-order chi connectivity index (χ0) is 14.9. The lowest BCUT2D eigenvalue weighted by Gasteiger charge is -2.05. The molecule has 0 spiro atoms. The van der Waals surface area contributed by atoms with Gasteiger partial charge in [0.05, 0.1) is 5.52 Å². The van der Waals surface area contributed by atoms with Crippen LogP contribution in [0.1, 0.15) is 24.2 Å². The predicted octanol–water partition coefficient (Wildman–Crippen LogP) is 3.76. The van der Waals surface area contributed by atoms with Gasteiger partial charge >= 0.3 is 0 Å². The van der Waals surface area contributed by atoms with E-state index in [9.17, 15) is 0 Å². The first-order valence-electron chi connectivity index (χ1n) is 7.52. The molecule has 1 aromatic carbocycles. The zero-order valence-electron chi connectivity index (χ0n) is 12.4. The summed E-state index contributed by atoms with van der Waals surface area (Å²) in [6, 6.07) is 13.9. The Labute approximate surface area is 129 Å². The second-order valence-electron chi connectivity index (χ2n) is 5.60. The molecule has 0 N–H and O–H groups in total. The van der Waals surface area contributed by atoms with Gasteiger partial charge in [-0.25, -0.2) is 15.0 Å². The summed E-state index contributed by atoms with van der Waals surface area (Å²) >= 11 is 0. The minimum atomic E-state index is 0.574. The highest BCUT2D eigenvalue weighted by Crippen LogP contribution is 2.27. The van der Waals surface area contributed by atoms with Gasteiger partial charge in [0.1, 0.15) is 11.4 Å². The van der Waals surface area contributed by atoms with E-state index >= 15 is 0 Å². The van der Waals surface area contributed by atoms with E-state index in [0.29, 0.717) is 11.7 Å². The van der Waals surface area contributed by atoms with Gasteiger partial charge in [-0.1, -0.05) is 30.2 Å². The Morgan fingerprint density at radius 1 is 0.955 bits per heavy atom. The van der Waals surface area contributed by atoms with Crippen LogP contribution in [0.5, 0.6) is 0 Å². The van der Waals surface area contributed by atoms with Gasteiger partial charge in [0.25, 0.3) is 0 Å². The van der Waals surface area contributed by atoms with Crippen molar-refractivity contribution in [3.05, 3.63) is 53.9 Å². The second-order valence-corrected chi connectivity index (χ2v) is 5.60. The van der Waals surface area contributed by atoms with Gasteiger partial charge in [0.15, 0.2) is 5.82 Å². The standard InChI is InChI=1S/C19H15N3/c1-13-16-6-2-3-7-17(16)22-19(20-13)18-8-4-5-15(21-18)12-11-14-9-10-14/h2-8,14H,9-10H2,1H3. The topological polar surface area (TPSA) is 38.7 Å². The minimum Gasteiger partial charge on any atom is -0.236 e. The Morgan fingerprint density at radius 3 is 2.68 bits per heavy atom. The van der Waals surface area contributed by atoms with Gasteiger partial charge in [-0.2, -0.15) is 0 Å². The maximum Gasteiger partial charge on any atom is 0.179 e. The molecular weight excluding hydrogens is 270 g/mol. The first-order valence-corrected chi connectivity index (χ1v) is 7.52. The third kappa shape index (κ3) is 2.56. The molecule has 0 atom stereocenters. The molecule has 0 bridgehead atoms. The summed E-state index contributed by atoms with van der Waals surface area (Å²) in [7, 11) is 0. The average Bonchev–Trinajstić information content (AvgIpc) is 3.38. The van der Waals surface area contributed by atoms with Crippen molar-refractivity contribution >= 4 is 10.9 Å². The van der Waals surface area contributed by atoms with Gasteiger partial charge in [-0.3, -0.25) is 0 Å². The van der Waals surface area contributed by atoms with Gasteiger partial charge in [0.2, 0.25) is 0 Å². The molecule has 0 unspecified atom stereocenters. The third-order valence-corrected chi connectivity index (χ3v) is 3.75. The van der Waals surface area contributed by atoms with Crippen molar-refractivity contribution < 1.29 is 0 Å². The van der Waals surface area contributed by atoms with Crippen LogP contribution in [-0.2, 0) is 0 Å². The fraction of sp³-hybridized carbons (Fsp3) is 0.211. The number of pyridine rings is 1. The van der Waals surface area contributed by atoms with Crippen molar-refractivity contribution in [2.24, 2.45) is 5.92 Å². The molecule has 1 saturated carbocycles. The number of rotatable bonds is 1. The van der Waals surface area contributed by atoms with Gasteiger partial charge in [-0.15, -0.1) is 0 Å². The number of benzene rings is 1. The van der Waals surface area contributed by atoms with Crippen LogP contribution >= 0.6 is 0 Å². The molecule has 0 amide bonds. The monoisotopic (exact) mass is 285 g/mol. The van der Waals surface area contributed by atoms with Crippen molar-refractivity contribution in [2.45, 2.75) is 19.8 Å². The van der Waals surface area contributed by atoms with E-state index < -0.39 is 0 Å². The van der Waals surface area contributed by atoms with Crippen LogP contribution in [0.3, 0.4) is 0 Å². The first-order chi connectivity index (χ1) is 10.8. The van der Waals surface area contributed by atoms with Crippen molar-refractivity contribution in [3.8, 4) is 23.4 Å². The maximum absolute atomic E-state index is 4.63. The van der Waals surface area contributed by atoms with Crippen LogP contribution in [0, 0.1) is 24.7 Å². The lowest BCUT2D eigenvalue weighted by molar-refractivity contribution is 1.12. The predicted molar refractivity (Wildman–Crippen MR) is 87.1 cm³/mol. The summed E-state index contributed by atoms with van der Waals surface area (Å²) in [6.45, 7) is 2.00. The highest BCUT2D eigenvalue weighted by molar-refractivity contribution is 5.82. The molecule has 106 valence electrons. The molecular formula is C19H15N3. The van der Waals surface area contributed by atoms with Gasteiger partial charge in [-0.05, 0) is 43.9 Å². The number of nitrogens with zero attached hydrogens (tertiary/aromatic N) is 3. The van der Waals surface area contributed by atoms with Crippen molar-refractivity contribution in [3.63, 3.8) is 0 Å². The molecule has 1 aliphatic rings. The van der Waals surface area contributed by atoms with Crippen molar-refractivity contribution in [2.75, 3.05) is 0 Å². The van der Waals surface area contributed by atoms with Gasteiger partial charge < -0.3 is 0 Å². The molecule has 4 rings (SSSR count). The molecule has 2 aromatic heterocycles. The largest absolute Gasteiger partial charge is 0.236 e. The Bertz CT molecular complexity index is 915. The third-order valence-electron chi connectivity index (χ3n) is 3.75. The van der Waals surface area contributed by atoms with Crippen molar-refractivity contribution in [1.29, 1.82) is 0 Å². The summed E-state index contributed by atoms with van der Waals surface area (Å²) in [5.74, 6) is 7.62. The second kappa shape index (κ2) is 5.23. The molecule has 0 saturated heterocycles. The van der Waals surface area contributed by atoms with E-state index in [1.165, 1.54) is 12.8 Å². The quantitative estimate of drug-likeness (QED) is 0.639. The van der Waals surface area contributed by atoms with Crippen LogP contribution in [0.25, 0.3) is 22.4 Å². The highest BCUT2D eigenvalue weighted by Gasteiger charge is 2.17. The SMILES string of the molecule is Cc1nc(-c2cccc(C#CC3CC3)n2)nc2ccccc12. The number of hydrogen-bond acceptors (Lipinski definition) is 3. The summed E-state index contributed by atoms with van der Waals surface area (Å²) in [5.41, 5.74) is 3.48. The fourth-order valence-corrected chi connectivity index (χ4v) is 2.38. The van der Waals surface area contributed by atoms with Gasteiger partial charge in [0, 0.05) is 17.0 Å². The molecule has 3 nitrogen and oxygen atoms in total. The van der Waals surface area contributed by atoms with Crippen molar-refractivity contribution in [1.82, 2.24) is 15.0 Å². The number of aromatic nitrogens is 3. The van der Waals surface area contributed by atoms with E-state index in [-0.39, 0.29) is 0 Å². The number of aryl methyl sites for hydroxylation is 1. The average molecular weight is 285 g/mol. The number of hydrogen-bond donors (Lipinski definition) is 0. The molecule has 0 aliphatic heterocycles. The van der Waals surface area contributed by atoms with Crippen LogP contribution in [0.15, 0.2) is 42.5 Å². The van der Waals surface area contributed by atoms with Crippen LogP contribution in [0.2, 0.25) is 0 Å². The van der Waals surface area contributed by atoms with Crippen LogP contribution < -0.4 is 0 Å². The Balaban J connectivity index is 1.78. The molecule has 3 heteroatoms.